The summed E-state index contributed by atoms with van der Waals surface area (Å²) in [4.78, 5) is 0. The molecule has 2 atom stereocenters. The van der Waals surface area contributed by atoms with Crippen molar-refractivity contribution in [3.05, 3.63) is 141 Å². The molecule has 0 fully saturated rings. The molecule has 0 heterocycles. The summed E-state index contributed by atoms with van der Waals surface area (Å²) in [6.07, 6.45) is 2.31. The van der Waals surface area contributed by atoms with Gasteiger partial charge in [0.25, 0.3) is 0 Å². The van der Waals surface area contributed by atoms with Crippen molar-refractivity contribution in [2.24, 2.45) is 0 Å². The third-order valence-corrected chi connectivity index (χ3v) is 10.3. The molecule has 0 saturated heterocycles. The van der Waals surface area contributed by atoms with Gasteiger partial charge >= 0.3 is 0 Å². The van der Waals surface area contributed by atoms with Crippen LogP contribution in [0.2, 0.25) is 0 Å². The van der Waals surface area contributed by atoms with Crippen LogP contribution in [0.4, 0.5) is 0 Å². The molecule has 2 aliphatic carbocycles. The minimum absolute atomic E-state index is 0.0178. The topological polar surface area (TPSA) is 0 Å². The molecule has 4 aromatic rings. The number of benzene rings is 4. The van der Waals surface area contributed by atoms with Crippen LogP contribution in [0.25, 0.3) is 0 Å². The Morgan fingerprint density at radius 3 is 1.10 bits per heavy atom. The Balaban J connectivity index is 1.67. The van der Waals surface area contributed by atoms with Gasteiger partial charge in [0.05, 0.1) is 0 Å². The van der Waals surface area contributed by atoms with E-state index in [4.69, 9.17) is 0 Å². The minimum atomic E-state index is 0.0178. The first-order valence-electron chi connectivity index (χ1n) is 16.1. The molecule has 212 valence electrons. The second kappa shape index (κ2) is 10.6. The summed E-state index contributed by atoms with van der Waals surface area (Å²) in [5.41, 5.74) is 15.4. The number of fused-ring (bicyclic) bond motifs is 4. The molecule has 0 bridgehead atoms. The van der Waals surface area contributed by atoms with Gasteiger partial charge in [0.1, 0.15) is 0 Å². The fourth-order valence-corrected chi connectivity index (χ4v) is 8.26. The fraction of sp³-hybridized carbons (Fsp3) is 0.415. The van der Waals surface area contributed by atoms with Gasteiger partial charge in [-0.3, -0.25) is 0 Å². The molecule has 41 heavy (non-hydrogen) atoms. The molecule has 0 N–H and O–H groups in total. The standard InChI is InChI=1S/C41H48/c1-25(2)31-19-35-37(29-15-11-9-12-16-29)23-41(39(35)21-33(31)27(5)6)24-38(30-17-13-10-14-18-30)36-20-32(26(3)4)34(28(7)8)22-40(36)41/h9-22,25-28,37-38H,23-24H2,1-8H3. The summed E-state index contributed by atoms with van der Waals surface area (Å²) in [5, 5.41) is 0. The van der Waals surface area contributed by atoms with Gasteiger partial charge in [0.15, 0.2) is 0 Å². The van der Waals surface area contributed by atoms with Gasteiger partial charge < -0.3 is 0 Å². The Morgan fingerprint density at radius 2 is 0.780 bits per heavy atom. The van der Waals surface area contributed by atoms with E-state index in [0.29, 0.717) is 35.5 Å². The van der Waals surface area contributed by atoms with Crippen LogP contribution in [0.15, 0.2) is 84.9 Å². The van der Waals surface area contributed by atoms with Gasteiger partial charge in [-0.25, -0.2) is 0 Å². The van der Waals surface area contributed by atoms with Crippen molar-refractivity contribution >= 4 is 0 Å². The van der Waals surface area contributed by atoms with Gasteiger partial charge in [-0.1, -0.05) is 140 Å². The van der Waals surface area contributed by atoms with Gasteiger partial charge in [-0.05, 0) is 92.1 Å². The lowest BCUT2D eigenvalue weighted by molar-refractivity contribution is 0.469. The second-order valence-electron chi connectivity index (χ2n) is 14.2. The summed E-state index contributed by atoms with van der Waals surface area (Å²) in [6.45, 7) is 19.0. The SMILES string of the molecule is CC(C)c1cc2c(cc1C(C)C)C1(CC2c2ccccc2)CC(c2ccccc2)c2cc(C(C)C)c(C(C)C)cc21. The van der Waals surface area contributed by atoms with E-state index in [9.17, 15) is 0 Å². The van der Waals surface area contributed by atoms with Crippen LogP contribution in [-0.4, -0.2) is 0 Å². The maximum Gasteiger partial charge on any atom is 0.0227 e. The van der Waals surface area contributed by atoms with E-state index in [2.05, 4.69) is 140 Å². The van der Waals surface area contributed by atoms with Crippen molar-refractivity contribution in [1.82, 2.24) is 0 Å². The van der Waals surface area contributed by atoms with Gasteiger partial charge in [0, 0.05) is 17.3 Å². The Bertz CT molecular complexity index is 1420. The lowest BCUT2D eigenvalue weighted by Gasteiger charge is -2.30. The first-order chi connectivity index (χ1) is 19.6. The smallest absolute Gasteiger partial charge is 0.0227 e. The molecule has 0 radical (unpaired) electrons. The van der Waals surface area contributed by atoms with Crippen molar-refractivity contribution in [3.8, 4) is 0 Å². The zero-order valence-corrected chi connectivity index (χ0v) is 26.5. The zero-order valence-electron chi connectivity index (χ0n) is 26.5. The lowest BCUT2D eigenvalue weighted by atomic mass is 9.73. The average molecular weight is 541 g/mol. The quantitative estimate of drug-likeness (QED) is 0.228. The summed E-state index contributed by atoms with van der Waals surface area (Å²) in [7, 11) is 0. The van der Waals surface area contributed by atoms with Crippen LogP contribution in [-0.2, 0) is 5.41 Å². The minimum Gasteiger partial charge on any atom is -0.0622 e. The van der Waals surface area contributed by atoms with Crippen molar-refractivity contribution in [3.63, 3.8) is 0 Å². The molecule has 2 aliphatic rings. The zero-order chi connectivity index (χ0) is 29.1. The highest BCUT2D eigenvalue weighted by atomic mass is 14.6. The highest BCUT2D eigenvalue weighted by molar-refractivity contribution is 5.64. The van der Waals surface area contributed by atoms with Gasteiger partial charge in [0.2, 0.25) is 0 Å². The molecule has 0 heteroatoms. The third kappa shape index (κ3) is 4.59. The number of hydrogen-bond acceptors (Lipinski definition) is 0. The molecule has 4 aromatic carbocycles. The normalized spacial score (nSPS) is 21.5. The molecule has 0 saturated carbocycles. The number of hydrogen-bond donors (Lipinski definition) is 0. The molecular formula is C41H48. The van der Waals surface area contributed by atoms with E-state index >= 15 is 0 Å². The average Bonchev–Trinajstić information content (AvgIpc) is 3.47. The Labute approximate surface area is 249 Å². The summed E-state index contributed by atoms with van der Waals surface area (Å²) in [5.74, 6) is 2.87. The van der Waals surface area contributed by atoms with Crippen molar-refractivity contribution in [2.75, 3.05) is 0 Å². The molecule has 0 nitrogen and oxygen atoms in total. The van der Waals surface area contributed by atoms with Crippen LogP contribution in [0.3, 0.4) is 0 Å². The molecular weight excluding hydrogens is 492 g/mol. The van der Waals surface area contributed by atoms with Crippen molar-refractivity contribution < 1.29 is 0 Å². The molecule has 0 aliphatic heterocycles. The monoisotopic (exact) mass is 540 g/mol. The predicted molar refractivity (Wildman–Crippen MR) is 176 cm³/mol. The molecule has 0 aromatic heterocycles. The van der Waals surface area contributed by atoms with E-state index in [1.54, 1.807) is 33.4 Å². The largest absolute Gasteiger partial charge is 0.0622 e. The van der Waals surface area contributed by atoms with Crippen molar-refractivity contribution in [2.45, 2.75) is 109 Å². The van der Waals surface area contributed by atoms with E-state index in [-0.39, 0.29) is 5.41 Å². The third-order valence-electron chi connectivity index (χ3n) is 10.3. The summed E-state index contributed by atoms with van der Waals surface area (Å²) >= 11 is 0. The van der Waals surface area contributed by atoms with Crippen LogP contribution >= 0.6 is 0 Å². The Morgan fingerprint density at radius 1 is 0.463 bits per heavy atom. The Kier molecular flexibility index (Phi) is 7.25. The van der Waals surface area contributed by atoms with E-state index in [0.717, 1.165) is 12.8 Å². The van der Waals surface area contributed by atoms with E-state index in [1.165, 1.54) is 22.3 Å². The van der Waals surface area contributed by atoms with Crippen LogP contribution in [0, 0.1) is 0 Å². The second-order valence-corrected chi connectivity index (χ2v) is 14.2. The van der Waals surface area contributed by atoms with Gasteiger partial charge in [-0.2, -0.15) is 0 Å². The lowest BCUT2D eigenvalue weighted by Crippen LogP contribution is -2.23. The fourth-order valence-electron chi connectivity index (χ4n) is 8.26. The maximum atomic E-state index is 2.67. The molecule has 2 unspecified atom stereocenters. The molecule has 1 spiro atoms. The highest BCUT2D eigenvalue weighted by Crippen LogP contribution is 2.63. The van der Waals surface area contributed by atoms with Crippen LogP contribution in [0.5, 0.6) is 0 Å². The first-order valence-corrected chi connectivity index (χ1v) is 16.1. The number of rotatable bonds is 6. The summed E-state index contributed by atoms with van der Waals surface area (Å²) < 4.78 is 0. The Hall–Kier alpha value is -3.12. The van der Waals surface area contributed by atoms with E-state index in [1.807, 2.05) is 0 Å². The van der Waals surface area contributed by atoms with Gasteiger partial charge in [-0.15, -0.1) is 0 Å². The summed E-state index contributed by atoms with van der Waals surface area (Å²) in [6, 6.07) is 33.3. The first kappa shape index (κ1) is 28.0. The van der Waals surface area contributed by atoms with Crippen molar-refractivity contribution in [1.29, 1.82) is 0 Å². The maximum absolute atomic E-state index is 2.67. The highest BCUT2D eigenvalue weighted by Gasteiger charge is 2.52. The molecule has 0 amide bonds. The van der Waals surface area contributed by atoms with E-state index < -0.39 is 0 Å². The predicted octanol–water partition coefficient (Wildman–Crippen LogP) is 11.5. The van der Waals surface area contributed by atoms with Crippen LogP contribution < -0.4 is 0 Å². The van der Waals surface area contributed by atoms with Crippen LogP contribution in [0.1, 0.15) is 159 Å². The molecule has 6 rings (SSSR count).